The van der Waals surface area contributed by atoms with Crippen molar-refractivity contribution in [2.24, 2.45) is 17.3 Å². The topological polar surface area (TPSA) is 44.8 Å². The van der Waals surface area contributed by atoms with Crippen LogP contribution < -0.4 is 0 Å². The van der Waals surface area contributed by atoms with Gasteiger partial charge in [0.1, 0.15) is 5.76 Å². The summed E-state index contributed by atoms with van der Waals surface area (Å²) >= 11 is 0. The predicted octanol–water partition coefficient (Wildman–Crippen LogP) is 5.30. The lowest BCUT2D eigenvalue weighted by molar-refractivity contribution is 0.0677. The molecule has 2 aliphatic carbocycles. The third-order valence-electron chi connectivity index (χ3n) is 4.94. The van der Waals surface area contributed by atoms with Crippen molar-refractivity contribution in [3.05, 3.63) is 11.8 Å². The van der Waals surface area contributed by atoms with Crippen LogP contribution in [0.5, 0.6) is 0 Å². The summed E-state index contributed by atoms with van der Waals surface area (Å²) in [6.45, 7) is 8.93. The molecule has 0 bridgehead atoms. The number of rotatable bonds is 6. The molecule has 1 saturated carbocycles. The molecule has 0 spiro atoms. The SMILES string of the molecule is CCOP(=O)(OCC)OC1=C[C@@H]2[C@@H](C)CCC[C@@]2(C)CC1. The van der Waals surface area contributed by atoms with Crippen molar-refractivity contribution in [2.45, 2.75) is 59.8 Å². The van der Waals surface area contributed by atoms with Crippen LogP contribution in [0.2, 0.25) is 0 Å². The number of allylic oxidation sites excluding steroid dienone is 2. The molecular formula is C16H29O4P. The molecule has 0 heterocycles. The van der Waals surface area contributed by atoms with Gasteiger partial charge in [0.15, 0.2) is 0 Å². The molecule has 0 saturated heterocycles. The first-order chi connectivity index (χ1) is 9.92. The van der Waals surface area contributed by atoms with E-state index in [-0.39, 0.29) is 0 Å². The Balaban J connectivity index is 2.13. The third kappa shape index (κ3) is 3.91. The van der Waals surface area contributed by atoms with Gasteiger partial charge in [-0.1, -0.05) is 26.7 Å². The molecule has 0 aromatic carbocycles. The van der Waals surface area contributed by atoms with Crippen molar-refractivity contribution < 1.29 is 18.1 Å². The zero-order valence-electron chi connectivity index (χ0n) is 13.8. The minimum absolute atomic E-state index is 0.322. The number of hydrogen-bond donors (Lipinski definition) is 0. The Morgan fingerprint density at radius 1 is 1.29 bits per heavy atom. The van der Waals surface area contributed by atoms with Gasteiger partial charge in [-0.3, -0.25) is 9.05 Å². The Hall–Kier alpha value is -0.310. The van der Waals surface area contributed by atoms with Crippen LogP contribution in [-0.4, -0.2) is 13.2 Å². The van der Waals surface area contributed by atoms with Crippen molar-refractivity contribution in [1.82, 2.24) is 0 Å². The van der Waals surface area contributed by atoms with E-state index in [4.69, 9.17) is 13.6 Å². The summed E-state index contributed by atoms with van der Waals surface area (Å²) in [6, 6.07) is 0. The highest BCUT2D eigenvalue weighted by atomic mass is 31.2. The van der Waals surface area contributed by atoms with E-state index in [1.165, 1.54) is 19.3 Å². The van der Waals surface area contributed by atoms with E-state index in [1.54, 1.807) is 13.8 Å². The average Bonchev–Trinajstić information content (AvgIpc) is 2.40. The Labute approximate surface area is 128 Å². The van der Waals surface area contributed by atoms with Crippen molar-refractivity contribution in [3.63, 3.8) is 0 Å². The number of fused-ring (bicyclic) bond motifs is 1. The molecule has 0 amide bonds. The van der Waals surface area contributed by atoms with Crippen LogP contribution in [-0.2, 0) is 18.1 Å². The van der Waals surface area contributed by atoms with E-state index < -0.39 is 7.82 Å². The largest absolute Gasteiger partial charge is 0.529 e. The highest BCUT2D eigenvalue weighted by Gasteiger charge is 2.43. The lowest BCUT2D eigenvalue weighted by Gasteiger charge is -2.46. The second-order valence-corrected chi connectivity index (χ2v) is 8.15. The molecule has 4 nitrogen and oxygen atoms in total. The summed E-state index contributed by atoms with van der Waals surface area (Å²) in [5, 5.41) is 0. The van der Waals surface area contributed by atoms with Crippen LogP contribution in [0, 0.1) is 17.3 Å². The molecule has 122 valence electrons. The summed E-state index contributed by atoms with van der Waals surface area (Å²) in [5.74, 6) is 1.95. The van der Waals surface area contributed by atoms with Crippen molar-refractivity contribution in [3.8, 4) is 0 Å². The van der Waals surface area contributed by atoms with Gasteiger partial charge in [0.05, 0.1) is 13.2 Å². The monoisotopic (exact) mass is 316 g/mol. The number of phosphoric ester groups is 1. The number of phosphoric acid groups is 1. The first-order valence-corrected chi connectivity index (χ1v) is 9.68. The van der Waals surface area contributed by atoms with Crippen molar-refractivity contribution in [2.75, 3.05) is 13.2 Å². The summed E-state index contributed by atoms with van der Waals surface area (Å²) in [5.41, 5.74) is 0.367. The minimum atomic E-state index is -3.45. The molecule has 2 rings (SSSR count). The fourth-order valence-corrected chi connectivity index (χ4v) is 5.09. The molecule has 3 atom stereocenters. The fraction of sp³-hybridized carbons (Fsp3) is 0.875. The molecule has 5 heteroatoms. The van der Waals surface area contributed by atoms with Gasteiger partial charge in [0, 0.05) is 6.42 Å². The summed E-state index contributed by atoms with van der Waals surface area (Å²) < 4.78 is 28.6. The van der Waals surface area contributed by atoms with Gasteiger partial charge in [0.2, 0.25) is 0 Å². The van der Waals surface area contributed by atoms with E-state index in [2.05, 4.69) is 19.9 Å². The maximum Gasteiger partial charge on any atom is 0.529 e. The van der Waals surface area contributed by atoms with E-state index >= 15 is 0 Å². The quantitative estimate of drug-likeness (QED) is 0.623. The molecule has 0 radical (unpaired) electrons. The van der Waals surface area contributed by atoms with E-state index in [0.717, 1.165) is 18.6 Å². The molecule has 0 aromatic heterocycles. The summed E-state index contributed by atoms with van der Waals surface area (Å²) in [4.78, 5) is 0. The Morgan fingerprint density at radius 2 is 1.95 bits per heavy atom. The van der Waals surface area contributed by atoms with Crippen LogP contribution in [0.4, 0.5) is 0 Å². The van der Waals surface area contributed by atoms with Gasteiger partial charge in [0.25, 0.3) is 0 Å². The van der Waals surface area contributed by atoms with Crippen LogP contribution in [0.15, 0.2) is 11.8 Å². The smallest absolute Gasteiger partial charge is 0.409 e. The van der Waals surface area contributed by atoms with Gasteiger partial charge in [-0.25, -0.2) is 4.57 Å². The highest BCUT2D eigenvalue weighted by molar-refractivity contribution is 7.48. The summed E-state index contributed by atoms with van der Waals surface area (Å²) in [7, 11) is -3.45. The fourth-order valence-electron chi connectivity index (χ4n) is 3.84. The lowest BCUT2D eigenvalue weighted by atomic mass is 9.59. The average molecular weight is 316 g/mol. The van der Waals surface area contributed by atoms with E-state index in [0.29, 0.717) is 30.5 Å². The molecule has 1 fully saturated rings. The van der Waals surface area contributed by atoms with Gasteiger partial charge >= 0.3 is 7.82 Å². The lowest BCUT2D eigenvalue weighted by Crippen LogP contribution is -2.37. The maximum atomic E-state index is 12.5. The van der Waals surface area contributed by atoms with E-state index in [9.17, 15) is 4.57 Å². The van der Waals surface area contributed by atoms with E-state index in [1.807, 2.05) is 0 Å². The minimum Gasteiger partial charge on any atom is -0.409 e. The van der Waals surface area contributed by atoms with Crippen LogP contribution in [0.1, 0.15) is 59.8 Å². The second-order valence-electron chi connectivity index (χ2n) is 6.56. The second kappa shape index (κ2) is 6.85. The van der Waals surface area contributed by atoms with Crippen LogP contribution in [0.25, 0.3) is 0 Å². The zero-order valence-corrected chi connectivity index (χ0v) is 14.7. The molecule has 0 N–H and O–H groups in total. The Kier molecular flexibility index (Phi) is 5.56. The maximum absolute atomic E-state index is 12.5. The highest BCUT2D eigenvalue weighted by Crippen LogP contribution is 2.56. The standard InChI is InChI=1S/C16H29O4P/c1-5-18-21(17,19-6-2)20-14-9-11-16(4)10-7-8-13(3)15(16)12-14/h12-13,15H,5-11H2,1-4H3/t13-,15+,16-/m0/s1. The van der Waals surface area contributed by atoms with Crippen LogP contribution >= 0.6 is 7.82 Å². The molecule has 0 unspecified atom stereocenters. The first-order valence-electron chi connectivity index (χ1n) is 8.22. The molecule has 21 heavy (non-hydrogen) atoms. The Morgan fingerprint density at radius 3 is 2.57 bits per heavy atom. The summed E-state index contributed by atoms with van der Waals surface area (Å²) in [6.07, 6.45) is 7.96. The Bertz CT molecular complexity index is 424. The predicted molar refractivity (Wildman–Crippen MR) is 83.9 cm³/mol. The normalized spacial score (nSPS) is 33.2. The van der Waals surface area contributed by atoms with Gasteiger partial charge in [-0.05, 0) is 50.0 Å². The van der Waals surface area contributed by atoms with Gasteiger partial charge in [-0.2, -0.15) is 0 Å². The van der Waals surface area contributed by atoms with Crippen molar-refractivity contribution in [1.29, 1.82) is 0 Å². The number of hydrogen-bond acceptors (Lipinski definition) is 4. The zero-order chi connectivity index (χ0) is 15.5. The first kappa shape index (κ1) is 17.1. The molecular weight excluding hydrogens is 287 g/mol. The third-order valence-corrected chi connectivity index (χ3v) is 6.54. The molecule has 2 aliphatic rings. The molecule has 0 aromatic rings. The van der Waals surface area contributed by atoms with Crippen molar-refractivity contribution >= 4 is 7.82 Å². The van der Waals surface area contributed by atoms with Gasteiger partial charge in [-0.15, -0.1) is 0 Å². The molecule has 0 aliphatic heterocycles. The van der Waals surface area contributed by atoms with Gasteiger partial charge < -0.3 is 4.52 Å². The van der Waals surface area contributed by atoms with Crippen LogP contribution in [0.3, 0.4) is 0 Å².